The third-order valence-electron chi connectivity index (χ3n) is 0.115. The van der Waals surface area contributed by atoms with Crippen LogP contribution in [0.1, 0.15) is 0 Å². The molecule has 0 heterocycles. The number of carboxylic acid groups (broad SMARTS) is 1. The first-order chi connectivity index (χ1) is 2.77. The summed E-state index contributed by atoms with van der Waals surface area (Å²) in [6.45, 7) is 0. The predicted molar refractivity (Wildman–Crippen MR) is 22.1 cm³/mol. The molecule has 0 atom stereocenters. The Hall–Kier alpha value is 0.506. The summed E-state index contributed by atoms with van der Waals surface area (Å²) in [6.07, 6.45) is -1.69. The summed E-state index contributed by atoms with van der Waals surface area (Å²) in [7, 11) is 0. The van der Waals surface area contributed by atoms with Crippen molar-refractivity contribution < 1.29 is 14.7 Å². The van der Waals surface area contributed by atoms with E-state index in [1.807, 2.05) is 0 Å². The Labute approximate surface area is 81.4 Å². The zero-order valence-corrected chi connectivity index (χ0v) is 2.62. The van der Waals surface area contributed by atoms with Gasteiger partial charge in [0.2, 0.25) is 0 Å². The van der Waals surface area contributed by atoms with Gasteiger partial charge in [0.15, 0.2) is 5.34 Å². The van der Waals surface area contributed by atoms with Gasteiger partial charge >= 0.3 is 57.5 Å². The van der Waals surface area contributed by atoms with E-state index in [-0.39, 0.29) is 51.4 Å². The summed E-state index contributed by atoms with van der Waals surface area (Å²) in [5, 5.41) is 8.98. The van der Waals surface area contributed by atoms with E-state index in [2.05, 4.69) is 4.84 Å². The van der Waals surface area contributed by atoms with E-state index < -0.39 is 6.16 Å². The normalized spacial score (nSPS) is 5.71. The van der Waals surface area contributed by atoms with Gasteiger partial charge in [-0.05, 0) is 0 Å². The molecule has 0 rings (SSSR count). The topological polar surface area (TPSA) is 76.0 Å². The standard InChI is InChI=1S/CHNO4.K.H/c3-1(4)6-2-5;;/h(H,3,4);;. The van der Waals surface area contributed by atoms with Gasteiger partial charge in [0.1, 0.15) is 0 Å². The van der Waals surface area contributed by atoms with Crippen molar-refractivity contribution in [3.8, 4) is 0 Å². The average molecular weight is 131 g/mol. The molecule has 0 saturated carbocycles. The predicted octanol–water partition coefficient (Wildman–Crippen LogP) is -0.286. The van der Waals surface area contributed by atoms with Crippen molar-refractivity contribution in [1.29, 1.82) is 0 Å². The molecule has 0 saturated heterocycles. The molecule has 0 aromatic rings. The minimum atomic E-state index is -1.69. The van der Waals surface area contributed by atoms with E-state index >= 15 is 0 Å². The molecule has 1 N–H and O–H groups in total. The first-order valence-electron chi connectivity index (χ1n) is 0.997. The molecule has 0 aromatic carbocycles. The van der Waals surface area contributed by atoms with Crippen LogP contribution in [0.15, 0.2) is 5.34 Å². The molecule has 7 heavy (non-hydrogen) atoms. The van der Waals surface area contributed by atoms with Crippen LogP contribution < -0.4 is 0 Å². The first kappa shape index (κ1) is 10.5. The third-order valence-corrected chi connectivity index (χ3v) is 0.115. The van der Waals surface area contributed by atoms with Crippen molar-refractivity contribution in [2.24, 2.45) is 5.34 Å². The van der Waals surface area contributed by atoms with Gasteiger partial charge in [0, 0.05) is 0 Å². The molecule has 36 valence electrons. The van der Waals surface area contributed by atoms with Crippen molar-refractivity contribution >= 4 is 57.5 Å². The molecule has 0 fully saturated rings. The SMILES string of the molecule is O=NOC(=O)O.[KH]. The number of hydrogen-bond donors (Lipinski definition) is 1. The van der Waals surface area contributed by atoms with Crippen molar-refractivity contribution in [3.63, 3.8) is 0 Å². The van der Waals surface area contributed by atoms with E-state index in [4.69, 9.17) is 14.8 Å². The molecule has 0 radical (unpaired) electrons. The fourth-order valence-corrected chi connectivity index (χ4v) is 0.0319. The summed E-state index contributed by atoms with van der Waals surface area (Å²) in [5.41, 5.74) is 0. The Morgan fingerprint density at radius 2 is 2.14 bits per heavy atom. The Morgan fingerprint density at radius 1 is 1.71 bits per heavy atom. The van der Waals surface area contributed by atoms with Gasteiger partial charge in [-0.25, -0.2) is 9.63 Å². The van der Waals surface area contributed by atoms with Gasteiger partial charge < -0.3 is 5.11 Å². The van der Waals surface area contributed by atoms with Gasteiger partial charge in [0.05, 0.1) is 0 Å². The Kier molecular flexibility index (Phi) is 9.74. The van der Waals surface area contributed by atoms with Crippen molar-refractivity contribution in [2.45, 2.75) is 0 Å². The van der Waals surface area contributed by atoms with E-state index in [1.165, 1.54) is 0 Å². The maximum atomic E-state index is 9.08. The second-order valence-corrected chi connectivity index (χ2v) is 0.432. The zero-order chi connectivity index (χ0) is 4.99. The van der Waals surface area contributed by atoms with Crippen LogP contribution in [0.4, 0.5) is 4.79 Å². The van der Waals surface area contributed by atoms with Crippen LogP contribution in [-0.2, 0) is 4.84 Å². The molecule has 0 bridgehead atoms. The fourth-order valence-electron chi connectivity index (χ4n) is 0.0319. The molecule has 5 nitrogen and oxygen atoms in total. The van der Waals surface area contributed by atoms with Crippen molar-refractivity contribution in [1.82, 2.24) is 0 Å². The summed E-state index contributed by atoms with van der Waals surface area (Å²) in [6, 6.07) is 0. The summed E-state index contributed by atoms with van der Waals surface area (Å²) >= 11 is 0. The van der Waals surface area contributed by atoms with Crippen LogP contribution in [0.2, 0.25) is 0 Å². The Bertz CT molecular complexity index is 72.1. The number of rotatable bonds is 1. The van der Waals surface area contributed by atoms with Gasteiger partial charge in [0.25, 0.3) is 0 Å². The molecule has 0 aliphatic heterocycles. The van der Waals surface area contributed by atoms with Gasteiger partial charge in [-0.15, -0.1) is 4.91 Å². The van der Waals surface area contributed by atoms with Gasteiger partial charge in [-0.2, -0.15) is 0 Å². The molecule has 6 heteroatoms. The first-order valence-corrected chi connectivity index (χ1v) is 0.997. The molecular formula is CH2KNO4. The van der Waals surface area contributed by atoms with E-state index in [9.17, 15) is 0 Å². The van der Waals surface area contributed by atoms with Gasteiger partial charge in [-0.3, -0.25) is 0 Å². The molecule has 0 aliphatic carbocycles. The van der Waals surface area contributed by atoms with Crippen LogP contribution in [0.5, 0.6) is 0 Å². The monoisotopic (exact) mass is 131 g/mol. The van der Waals surface area contributed by atoms with Crippen LogP contribution >= 0.6 is 0 Å². The zero-order valence-electron chi connectivity index (χ0n) is 2.62. The van der Waals surface area contributed by atoms with Crippen LogP contribution in [-0.4, -0.2) is 62.6 Å². The molecule has 0 spiro atoms. The van der Waals surface area contributed by atoms with Crippen molar-refractivity contribution in [3.05, 3.63) is 4.91 Å². The molecule has 0 aliphatic rings. The summed E-state index contributed by atoms with van der Waals surface area (Å²) < 4.78 is 0. The number of carbonyl (C=O) groups is 1. The van der Waals surface area contributed by atoms with Crippen LogP contribution in [0, 0.1) is 4.91 Å². The third kappa shape index (κ3) is 10.7. The fraction of sp³-hybridized carbons (Fsp3) is 0. The second kappa shape index (κ2) is 6.51. The number of nitrogens with zero attached hydrogens (tertiary/aromatic N) is 1. The van der Waals surface area contributed by atoms with E-state index in [1.54, 1.807) is 5.34 Å². The Balaban J connectivity index is 0. The van der Waals surface area contributed by atoms with Crippen LogP contribution in [0.3, 0.4) is 0 Å². The molecule has 0 aromatic heterocycles. The number of hydrogen-bond acceptors (Lipinski definition) is 4. The van der Waals surface area contributed by atoms with Crippen LogP contribution in [0.25, 0.3) is 0 Å². The minimum absolute atomic E-state index is 0. The van der Waals surface area contributed by atoms with Crippen molar-refractivity contribution in [2.75, 3.05) is 0 Å². The second-order valence-electron chi connectivity index (χ2n) is 0.432. The average Bonchev–Trinajstić information content (AvgIpc) is 1.35. The molecular weight excluding hydrogens is 129 g/mol. The van der Waals surface area contributed by atoms with E-state index in [0.29, 0.717) is 0 Å². The molecule has 0 amide bonds. The quantitative estimate of drug-likeness (QED) is 0.301. The Morgan fingerprint density at radius 3 is 2.14 bits per heavy atom. The molecule has 0 unspecified atom stereocenters. The summed E-state index contributed by atoms with van der Waals surface area (Å²) in [4.78, 5) is 20.9. The van der Waals surface area contributed by atoms with Gasteiger partial charge in [-0.1, -0.05) is 0 Å². The van der Waals surface area contributed by atoms with E-state index in [0.717, 1.165) is 0 Å². The summed E-state index contributed by atoms with van der Waals surface area (Å²) in [5.74, 6) is 0. The maximum absolute atomic E-state index is 9.08.